The summed E-state index contributed by atoms with van der Waals surface area (Å²) in [6.45, 7) is 4.45. The number of phenols is 1. The molecule has 2 saturated carbocycles. The average molecular weight is 444 g/mol. The SMILES string of the molecule is CCCCCCS[C@@H]1CC[C@@]2(O)[C@H]3Cc4ccc(O)c5c4[C@@]2(CCN3CC2CC2)[C@H]1O5. The van der Waals surface area contributed by atoms with Crippen LogP contribution in [-0.2, 0) is 11.8 Å². The van der Waals surface area contributed by atoms with E-state index in [-0.39, 0.29) is 23.3 Å². The first kappa shape index (κ1) is 20.7. The number of piperidine rings is 1. The normalized spacial score (nSPS) is 38.1. The molecule has 1 saturated heterocycles. The highest BCUT2D eigenvalue weighted by molar-refractivity contribution is 7.99. The van der Waals surface area contributed by atoms with Gasteiger partial charge in [-0.2, -0.15) is 11.8 Å². The van der Waals surface area contributed by atoms with Gasteiger partial charge < -0.3 is 14.9 Å². The maximum atomic E-state index is 12.5. The molecule has 31 heavy (non-hydrogen) atoms. The zero-order valence-electron chi connectivity index (χ0n) is 18.8. The highest BCUT2D eigenvalue weighted by Gasteiger charge is 2.72. The summed E-state index contributed by atoms with van der Waals surface area (Å²) in [5.74, 6) is 2.95. The Morgan fingerprint density at radius 2 is 2.03 bits per heavy atom. The van der Waals surface area contributed by atoms with Gasteiger partial charge in [0.25, 0.3) is 0 Å². The number of aliphatic hydroxyl groups is 1. The molecule has 2 aliphatic heterocycles. The molecule has 2 heterocycles. The van der Waals surface area contributed by atoms with Gasteiger partial charge in [-0.3, -0.25) is 4.90 Å². The molecule has 3 aliphatic carbocycles. The number of likely N-dealkylation sites (tertiary alicyclic amines) is 1. The fourth-order valence-electron chi connectivity index (χ4n) is 7.37. The van der Waals surface area contributed by atoms with Gasteiger partial charge in [-0.25, -0.2) is 0 Å². The average Bonchev–Trinajstić information content (AvgIpc) is 3.50. The molecule has 4 nitrogen and oxygen atoms in total. The van der Waals surface area contributed by atoms with Crippen LogP contribution in [0.15, 0.2) is 12.1 Å². The number of aromatic hydroxyl groups is 1. The predicted octanol–water partition coefficient (Wildman–Crippen LogP) is 4.64. The summed E-state index contributed by atoms with van der Waals surface area (Å²) in [6, 6.07) is 4.11. The van der Waals surface area contributed by atoms with E-state index in [0.717, 1.165) is 44.7 Å². The number of unbranched alkanes of at least 4 members (excludes halogenated alkanes) is 3. The van der Waals surface area contributed by atoms with E-state index in [0.29, 0.717) is 11.0 Å². The maximum absolute atomic E-state index is 12.5. The van der Waals surface area contributed by atoms with E-state index >= 15 is 0 Å². The zero-order valence-corrected chi connectivity index (χ0v) is 19.6. The number of ether oxygens (including phenoxy) is 1. The minimum atomic E-state index is -0.740. The lowest BCUT2D eigenvalue weighted by Gasteiger charge is -2.64. The molecule has 0 amide bonds. The number of nitrogens with zero attached hydrogens (tertiary/aromatic N) is 1. The van der Waals surface area contributed by atoms with E-state index in [9.17, 15) is 10.2 Å². The van der Waals surface area contributed by atoms with E-state index < -0.39 is 5.60 Å². The molecule has 0 radical (unpaired) electrons. The van der Waals surface area contributed by atoms with Crippen LogP contribution in [0, 0.1) is 5.92 Å². The van der Waals surface area contributed by atoms with Crippen molar-refractivity contribution in [3.8, 4) is 11.5 Å². The fraction of sp³-hybridized carbons (Fsp3) is 0.769. The van der Waals surface area contributed by atoms with Gasteiger partial charge in [-0.05, 0) is 74.8 Å². The Kier molecular flexibility index (Phi) is 5.05. The second-order valence-corrected chi connectivity index (χ2v) is 12.1. The second-order valence-electron chi connectivity index (χ2n) is 10.8. The van der Waals surface area contributed by atoms with Crippen molar-refractivity contribution in [3.63, 3.8) is 0 Å². The summed E-state index contributed by atoms with van der Waals surface area (Å²) < 4.78 is 6.64. The number of hydrogen-bond donors (Lipinski definition) is 2. The first-order chi connectivity index (χ1) is 15.1. The van der Waals surface area contributed by atoms with Crippen molar-refractivity contribution in [3.05, 3.63) is 23.3 Å². The Balaban J connectivity index is 1.35. The molecule has 2 bridgehead atoms. The van der Waals surface area contributed by atoms with Crippen LogP contribution in [0.4, 0.5) is 0 Å². The van der Waals surface area contributed by atoms with Gasteiger partial charge in [0.2, 0.25) is 0 Å². The number of benzene rings is 1. The summed E-state index contributed by atoms with van der Waals surface area (Å²) in [4.78, 5) is 2.62. The number of hydrogen-bond acceptors (Lipinski definition) is 5. The van der Waals surface area contributed by atoms with Gasteiger partial charge in [0.05, 0.1) is 11.0 Å². The molecule has 5 heteroatoms. The van der Waals surface area contributed by atoms with Gasteiger partial charge in [-0.1, -0.05) is 32.3 Å². The predicted molar refractivity (Wildman–Crippen MR) is 125 cm³/mol. The van der Waals surface area contributed by atoms with E-state index in [1.54, 1.807) is 0 Å². The fourth-order valence-corrected chi connectivity index (χ4v) is 8.79. The van der Waals surface area contributed by atoms with E-state index in [1.165, 1.54) is 55.4 Å². The molecule has 1 aromatic rings. The molecular weight excluding hydrogens is 406 g/mol. The van der Waals surface area contributed by atoms with Crippen LogP contribution in [-0.4, -0.2) is 57.0 Å². The van der Waals surface area contributed by atoms with Crippen LogP contribution in [0.3, 0.4) is 0 Å². The minimum absolute atomic E-state index is 0.0182. The summed E-state index contributed by atoms with van der Waals surface area (Å²) in [6.07, 6.45) is 11.6. The van der Waals surface area contributed by atoms with Gasteiger partial charge in [0, 0.05) is 23.4 Å². The lowest BCUT2D eigenvalue weighted by Crippen LogP contribution is -2.76. The van der Waals surface area contributed by atoms with Crippen LogP contribution in [0.25, 0.3) is 0 Å². The van der Waals surface area contributed by atoms with Gasteiger partial charge in [0.15, 0.2) is 11.5 Å². The number of thioether (sulfide) groups is 1. The quantitative estimate of drug-likeness (QED) is 0.574. The molecule has 6 rings (SSSR count). The lowest BCUT2D eigenvalue weighted by atomic mass is 9.49. The summed E-state index contributed by atoms with van der Waals surface area (Å²) >= 11 is 2.06. The van der Waals surface area contributed by atoms with Crippen molar-refractivity contribution >= 4 is 11.8 Å². The molecule has 2 N–H and O–H groups in total. The van der Waals surface area contributed by atoms with Crippen LogP contribution >= 0.6 is 11.8 Å². The van der Waals surface area contributed by atoms with Crippen molar-refractivity contribution in [2.75, 3.05) is 18.8 Å². The second kappa shape index (κ2) is 7.56. The summed E-state index contributed by atoms with van der Waals surface area (Å²) in [5, 5.41) is 23.6. The Morgan fingerprint density at radius 3 is 2.84 bits per heavy atom. The van der Waals surface area contributed by atoms with Gasteiger partial charge >= 0.3 is 0 Å². The molecule has 0 aromatic heterocycles. The van der Waals surface area contributed by atoms with Gasteiger partial charge in [0.1, 0.15) is 6.10 Å². The Bertz CT molecular complexity index is 857. The molecule has 1 spiro atoms. The van der Waals surface area contributed by atoms with E-state index in [2.05, 4.69) is 29.7 Å². The highest BCUT2D eigenvalue weighted by Crippen LogP contribution is 2.66. The molecule has 3 fully saturated rings. The molecule has 1 aromatic carbocycles. The van der Waals surface area contributed by atoms with Crippen LogP contribution < -0.4 is 4.74 Å². The van der Waals surface area contributed by atoms with Crippen LogP contribution in [0.5, 0.6) is 11.5 Å². The number of rotatable bonds is 8. The first-order valence-electron chi connectivity index (χ1n) is 12.7. The topological polar surface area (TPSA) is 52.9 Å². The third-order valence-corrected chi connectivity index (χ3v) is 10.5. The van der Waals surface area contributed by atoms with E-state index in [1.807, 2.05) is 6.07 Å². The zero-order chi connectivity index (χ0) is 21.2. The molecule has 0 unspecified atom stereocenters. The summed E-state index contributed by atoms with van der Waals surface area (Å²) in [7, 11) is 0. The van der Waals surface area contributed by atoms with Crippen molar-refractivity contribution in [1.29, 1.82) is 0 Å². The smallest absolute Gasteiger partial charge is 0.165 e. The van der Waals surface area contributed by atoms with Crippen molar-refractivity contribution in [1.82, 2.24) is 4.90 Å². The van der Waals surface area contributed by atoms with Crippen LogP contribution in [0.1, 0.15) is 75.8 Å². The van der Waals surface area contributed by atoms with E-state index in [4.69, 9.17) is 4.74 Å². The Labute approximate surface area is 190 Å². The van der Waals surface area contributed by atoms with Crippen molar-refractivity contribution in [2.24, 2.45) is 5.92 Å². The lowest BCUT2D eigenvalue weighted by molar-refractivity contribution is -0.184. The molecule has 5 atom stereocenters. The third kappa shape index (κ3) is 2.95. The monoisotopic (exact) mass is 443 g/mol. The molecule has 5 aliphatic rings. The summed E-state index contributed by atoms with van der Waals surface area (Å²) in [5.41, 5.74) is 1.38. The number of phenolic OH excluding ortho intramolecular Hbond substituents is 1. The standard InChI is InChI=1S/C26H37NO3S/c1-2-3-4-5-14-31-20-10-11-26(29)21-15-18-8-9-19(28)23-22(18)25(26,24(20)30-23)12-13-27(21)16-17-6-7-17/h8-9,17,20-21,24,28-29H,2-7,10-16H2,1H3/t20-,21-,24+,25+,26-/m1/s1. The molecular formula is C26H37NO3S. The molecule has 170 valence electrons. The highest BCUT2D eigenvalue weighted by atomic mass is 32.2. The maximum Gasteiger partial charge on any atom is 0.165 e. The largest absolute Gasteiger partial charge is 0.504 e. The van der Waals surface area contributed by atoms with Crippen LogP contribution in [0.2, 0.25) is 0 Å². The third-order valence-electron chi connectivity index (χ3n) is 9.04. The Hall–Kier alpha value is -0.910. The van der Waals surface area contributed by atoms with Crippen molar-refractivity contribution < 1.29 is 14.9 Å². The van der Waals surface area contributed by atoms with Gasteiger partial charge in [-0.15, -0.1) is 0 Å². The minimum Gasteiger partial charge on any atom is -0.504 e. The Morgan fingerprint density at radius 1 is 1.16 bits per heavy atom. The van der Waals surface area contributed by atoms with Crippen molar-refractivity contribution in [2.45, 2.75) is 99.5 Å². The first-order valence-corrected chi connectivity index (χ1v) is 13.7.